The fourth-order valence-corrected chi connectivity index (χ4v) is 3.53. The molecule has 0 aliphatic heterocycles. The van der Waals surface area contributed by atoms with E-state index in [-0.39, 0.29) is 29.4 Å². The van der Waals surface area contributed by atoms with Crippen LogP contribution in [0.3, 0.4) is 0 Å². The smallest absolute Gasteiger partial charge is 0.231 e. The van der Waals surface area contributed by atoms with Gasteiger partial charge in [0.1, 0.15) is 11.6 Å². The molecule has 1 aromatic rings. The number of nitrogens with one attached hydrogen (secondary N) is 1. The number of carbonyl (C=O) groups is 1. The maximum absolute atomic E-state index is 14.1. The number of aliphatic hydroxyl groups excluding tert-OH is 1. The fraction of sp³-hybridized carbons (Fsp3) is 0.562. The van der Waals surface area contributed by atoms with Gasteiger partial charge in [0.05, 0.1) is 12.0 Å². The van der Waals surface area contributed by atoms with Crippen LogP contribution in [0.2, 0.25) is 0 Å². The average Bonchev–Trinajstić information content (AvgIpc) is 2.41. The van der Waals surface area contributed by atoms with Crippen LogP contribution >= 0.6 is 11.8 Å². The normalized spacial score (nSPS) is 19.1. The summed E-state index contributed by atoms with van der Waals surface area (Å²) < 4.78 is 27.2. The summed E-state index contributed by atoms with van der Waals surface area (Å²) in [7, 11) is 0. The van der Waals surface area contributed by atoms with Gasteiger partial charge in [0.25, 0.3) is 0 Å². The summed E-state index contributed by atoms with van der Waals surface area (Å²) in [6.45, 7) is 1.78. The van der Waals surface area contributed by atoms with E-state index in [1.165, 1.54) is 23.9 Å². The second kappa shape index (κ2) is 6.96. The molecule has 0 spiro atoms. The summed E-state index contributed by atoms with van der Waals surface area (Å²) in [5, 5.41) is 12.1. The molecule has 2 N–H and O–H groups in total. The van der Waals surface area contributed by atoms with Gasteiger partial charge in [-0.05, 0) is 32.1 Å². The van der Waals surface area contributed by atoms with Crippen LogP contribution in [0.1, 0.15) is 31.7 Å². The summed E-state index contributed by atoms with van der Waals surface area (Å²) in [5.74, 6) is -1.57. The van der Waals surface area contributed by atoms with Crippen LogP contribution in [0.15, 0.2) is 18.2 Å². The lowest BCUT2D eigenvalue weighted by Crippen LogP contribution is -2.54. The number of halogens is 2. The predicted molar refractivity (Wildman–Crippen MR) is 83.9 cm³/mol. The van der Waals surface area contributed by atoms with Crippen molar-refractivity contribution in [1.82, 2.24) is 5.32 Å². The summed E-state index contributed by atoms with van der Waals surface area (Å²) in [6, 6.07) is 3.15. The molecule has 0 bridgehead atoms. The van der Waals surface area contributed by atoms with E-state index in [1.807, 2.05) is 13.2 Å². The van der Waals surface area contributed by atoms with Crippen molar-refractivity contribution >= 4 is 17.7 Å². The largest absolute Gasteiger partial charge is 0.395 e. The number of carbonyl (C=O) groups excluding carboxylic acids is 1. The molecular weight excluding hydrogens is 308 g/mol. The van der Waals surface area contributed by atoms with Crippen LogP contribution in [0.4, 0.5) is 8.78 Å². The number of rotatable bonds is 6. The van der Waals surface area contributed by atoms with Crippen LogP contribution in [-0.4, -0.2) is 35.2 Å². The molecule has 1 aromatic carbocycles. The van der Waals surface area contributed by atoms with Gasteiger partial charge in [0.2, 0.25) is 5.91 Å². The maximum atomic E-state index is 14.1. The van der Waals surface area contributed by atoms with Crippen LogP contribution in [0, 0.1) is 11.6 Å². The van der Waals surface area contributed by atoms with Crippen molar-refractivity contribution < 1.29 is 18.7 Å². The highest BCUT2D eigenvalue weighted by Crippen LogP contribution is 2.45. The third kappa shape index (κ3) is 3.13. The lowest BCUT2D eigenvalue weighted by molar-refractivity contribution is -0.130. The van der Waals surface area contributed by atoms with Crippen LogP contribution in [-0.2, 0) is 10.2 Å². The molecule has 2 rings (SSSR count). The molecule has 2 unspecified atom stereocenters. The number of amides is 1. The topological polar surface area (TPSA) is 49.3 Å². The third-order valence-electron chi connectivity index (χ3n) is 4.49. The Morgan fingerprint density at radius 2 is 2.14 bits per heavy atom. The van der Waals surface area contributed by atoms with E-state index in [4.69, 9.17) is 0 Å². The molecule has 22 heavy (non-hydrogen) atoms. The lowest BCUT2D eigenvalue weighted by atomic mass is 9.63. The zero-order valence-corrected chi connectivity index (χ0v) is 13.6. The Kier molecular flexibility index (Phi) is 5.45. The first kappa shape index (κ1) is 17.2. The van der Waals surface area contributed by atoms with Gasteiger partial charge in [0.15, 0.2) is 0 Å². The van der Waals surface area contributed by atoms with E-state index in [1.54, 1.807) is 0 Å². The number of thioether (sulfide) groups is 1. The van der Waals surface area contributed by atoms with Gasteiger partial charge in [-0.15, -0.1) is 0 Å². The Bertz CT molecular complexity index is 545. The van der Waals surface area contributed by atoms with E-state index in [2.05, 4.69) is 5.32 Å². The highest BCUT2D eigenvalue weighted by atomic mass is 32.2. The Balaban J connectivity index is 2.21. The van der Waals surface area contributed by atoms with Crippen molar-refractivity contribution in [1.29, 1.82) is 0 Å². The zero-order chi connectivity index (χ0) is 16.3. The molecule has 2 atom stereocenters. The van der Waals surface area contributed by atoms with Gasteiger partial charge >= 0.3 is 0 Å². The minimum absolute atomic E-state index is 0.0411. The maximum Gasteiger partial charge on any atom is 0.231 e. The fourth-order valence-electron chi connectivity index (χ4n) is 2.90. The molecule has 0 radical (unpaired) electrons. The number of aliphatic hydroxyl groups is 1. The lowest BCUT2D eigenvalue weighted by Gasteiger charge is -2.42. The predicted octanol–water partition coefficient (Wildman–Crippen LogP) is 2.62. The van der Waals surface area contributed by atoms with Crippen molar-refractivity contribution in [2.24, 2.45) is 0 Å². The first-order valence-corrected chi connectivity index (χ1v) is 8.63. The molecule has 1 aliphatic rings. The molecule has 0 heterocycles. The molecular formula is C16H21F2NO2S. The van der Waals surface area contributed by atoms with E-state index >= 15 is 0 Å². The first-order valence-electron chi connectivity index (χ1n) is 7.35. The zero-order valence-electron chi connectivity index (χ0n) is 12.7. The first-order chi connectivity index (χ1) is 10.4. The van der Waals surface area contributed by atoms with Crippen molar-refractivity contribution in [2.75, 3.05) is 12.9 Å². The van der Waals surface area contributed by atoms with E-state index in [0.717, 1.165) is 12.5 Å². The van der Waals surface area contributed by atoms with E-state index in [0.29, 0.717) is 12.8 Å². The SMILES string of the molecule is CSC(CO)C(C)NC(=O)C1(c2ccc(F)cc2F)CCC1. The van der Waals surface area contributed by atoms with Gasteiger partial charge < -0.3 is 10.4 Å². The van der Waals surface area contributed by atoms with Gasteiger partial charge in [-0.25, -0.2) is 8.78 Å². The van der Waals surface area contributed by atoms with Crippen LogP contribution in [0.25, 0.3) is 0 Å². The number of hydrogen-bond acceptors (Lipinski definition) is 3. The van der Waals surface area contributed by atoms with Gasteiger partial charge in [0, 0.05) is 22.9 Å². The molecule has 3 nitrogen and oxygen atoms in total. The average molecular weight is 329 g/mol. The molecule has 0 saturated heterocycles. The highest BCUT2D eigenvalue weighted by molar-refractivity contribution is 7.99. The van der Waals surface area contributed by atoms with Gasteiger partial charge in [-0.2, -0.15) is 11.8 Å². The van der Waals surface area contributed by atoms with Crippen LogP contribution < -0.4 is 5.32 Å². The van der Waals surface area contributed by atoms with E-state index < -0.39 is 17.0 Å². The molecule has 122 valence electrons. The summed E-state index contributed by atoms with van der Waals surface area (Å²) in [5.41, 5.74) is -0.653. The molecule has 1 saturated carbocycles. The standard InChI is InChI=1S/C16H21F2NO2S/c1-10(14(9-20)22-2)19-15(21)16(6-3-7-16)12-5-4-11(17)8-13(12)18/h4-5,8,10,14,20H,3,6-7,9H2,1-2H3,(H,19,21). The highest BCUT2D eigenvalue weighted by Gasteiger charge is 2.47. The van der Waals surface area contributed by atoms with Gasteiger partial charge in [-0.1, -0.05) is 12.5 Å². The monoisotopic (exact) mass is 329 g/mol. The second-order valence-corrected chi connectivity index (χ2v) is 6.86. The number of hydrogen-bond donors (Lipinski definition) is 2. The summed E-state index contributed by atoms with van der Waals surface area (Å²) >= 11 is 1.47. The number of benzene rings is 1. The Morgan fingerprint density at radius 3 is 2.59 bits per heavy atom. The molecule has 1 fully saturated rings. The molecule has 6 heteroatoms. The minimum Gasteiger partial charge on any atom is -0.395 e. The second-order valence-electron chi connectivity index (χ2n) is 5.78. The Morgan fingerprint density at radius 1 is 1.45 bits per heavy atom. The van der Waals surface area contributed by atoms with Crippen molar-refractivity contribution in [3.8, 4) is 0 Å². The van der Waals surface area contributed by atoms with Crippen molar-refractivity contribution in [3.63, 3.8) is 0 Å². The van der Waals surface area contributed by atoms with Crippen molar-refractivity contribution in [2.45, 2.75) is 42.9 Å². The van der Waals surface area contributed by atoms with Crippen LogP contribution in [0.5, 0.6) is 0 Å². The summed E-state index contributed by atoms with van der Waals surface area (Å²) in [6.07, 6.45) is 3.81. The third-order valence-corrected chi connectivity index (χ3v) is 5.65. The summed E-state index contributed by atoms with van der Waals surface area (Å²) in [4.78, 5) is 12.7. The Labute approximate surface area is 133 Å². The van der Waals surface area contributed by atoms with Gasteiger partial charge in [-0.3, -0.25) is 4.79 Å². The minimum atomic E-state index is -0.912. The molecule has 0 aromatic heterocycles. The van der Waals surface area contributed by atoms with Crippen molar-refractivity contribution in [3.05, 3.63) is 35.4 Å². The quantitative estimate of drug-likeness (QED) is 0.843. The molecule has 1 amide bonds. The van der Waals surface area contributed by atoms with E-state index in [9.17, 15) is 18.7 Å². The molecule has 1 aliphatic carbocycles. The Hall–Kier alpha value is -1.14.